The number of rotatable bonds is 50. The van der Waals surface area contributed by atoms with Crippen LogP contribution in [0, 0.1) is 0 Å². The maximum atomic E-state index is 12.9. The molecule has 1 unspecified atom stereocenters. The van der Waals surface area contributed by atoms with Gasteiger partial charge >= 0.3 is 11.9 Å². The summed E-state index contributed by atoms with van der Waals surface area (Å²) in [6.07, 6.45) is 80.9. The molecule has 386 valence electrons. The number of carbonyl (C=O) groups excluding carboxylic acids is 2. The van der Waals surface area contributed by atoms with Crippen LogP contribution in [-0.4, -0.2) is 37.9 Å². The molecule has 0 amide bonds. The average molecular weight is 942 g/mol. The number of unbranched alkanes of at least 4 members (excludes halogenated alkanes) is 19. The van der Waals surface area contributed by atoms with Crippen LogP contribution in [0.25, 0.3) is 0 Å². The van der Waals surface area contributed by atoms with Crippen molar-refractivity contribution in [1.29, 1.82) is 0 Å². The average Bonchev–Trinajstić information content (AvgIpc) is 3.34. The van der Waals surface area contributed by atoms with E-state index < -0.39 is 6.10 Å². The molecular formula is C63H104O5. The Bertz CT molecular complexity index is 1390. The minimum absolute atomic E-state index is 0.0386. The fourth-order valence-corrected chi connectivity index (χ4v) is 7.36. The van der Waals surface area contributed by atoms with Crippen LogP contribution in [-0.2, 0) is 23.8 Å². The minimum Gasteiger partial charge on any atom is -0.462 e. The van der Waals surface area contributed by atoms with Crippen molar-refractivity contribution in [2.75, 3.05) is 19.8 Å². The fourth-order valence-electron chi connectivity index (χ4n) is 7.36. The van der Waals surface area contributed by atoms with E-state index in [1.807, 2.05) is 0 Å². The van der Waals surface area contributed by atoms with Crippen LogP contribution in [0.5, 0.6) is 0 Å². The summed E-state index contributed by atoms with van der Waals surface area (Å²) in [4.78, 5) is 25.5. The van der Waals surface area contributed by atoms with Gasteiger partial charge in [0.05, 0.1) is 6.61 Å². The lowest BCUT2D eigenvalue weighted by atomic mass is 10.1. The van der Waals surface area contributed by atoms with E-state index in [1.165, 1.54) is 89.9 Å². The van der Waals surface area contributed by atoms with Gasteiger partial charge in [0.15, 0.2) is 6.10 Å². The van der Waals surface area contributed by atoms with E-state index >= 15 is 0 Å². The van der Waals surface area contributed by atoms with Gasteiger partial charge in [0.25, 0.3) is 0 Å². The van der Waals surface area contributed by atoms with Gasteiger partial charge in [-0.1, -0.05) is 226 Å². The van der Waals surface area contributed by atoms with Gasteiger partial charge in [-0.2, -0.15) is 0 Å². The molecule has 0 aromatic rings. The van der Waals surface area contributed by atoms with Crippen LogP contribution in [0.2, 0.25) is 0 Å². The van der Waals surface area contributed by atoms with Crippen molar-refractivity contribution in [3.05, 3.63) is 122 Å². The molecule has 0 saturated heterocycles. The van der Waals surface area contributed by atoms with Crippen LogP contribution >= 0.6 is 0 Å². The van der Waals surface area contributed by atoms with E-state index in [-0.39, 0.29) is 25.2 Å². The van der Waals surface area contributed by atoms with E-state index in [2.05, 4.69) is 142 Å². The molecule has 1 atom stereocenters. The number of hydrogen-bond acceptors (Lipinski definition) is 5. The standard InChI is InChI=1S/C63H104O5/c1-4-7-10-13-16-19-22-25-28-30-32-34-36-38-41-44-47-50-53-56-62(64)67-60-61(59-66-58-55-52-49-46-43-40-27-24-21-18-15-12-9-6-3)68-63(65)57-54-51-48-45-42-39-37-35-33-31-29-26-23-20-17-14-11-8-5-2/h7,9-10,12,16,18-19,21,25-29,32,34,38,40-41,46,49,61H,4-6,8,11,13-15,17,20,22-24,30-31,33,35-37,39,42-45,47-48,50-60H2,1-3H3/b10-7-,12-9-,19-16-,21-18-,28-25-,29-26-,34-32-,40-27-,41-38-,49-46-. The Morgan fingerprint density at radius 1 is 0.338 bits per heavy atom. The van der Waals surface area contributed by atoms with Crippen LogP contribution in [0.3, 0.4) is 0 Å². The molecule has 0 aliphatic heterocycles. The predicted octanol–water partition coefficient (Wildman–Crippen LogP) is 19.3. The van der Waals surface area contributed by atoms with Crippen molar-refractivity contribution in [3.8, 4) is 0 Å². The van der Waals surface area contributed by atoms with Crippen molar-refractivity contribution in [2.24, 2.45) is 0 Å². The molecule has 0 radical (unpaired) electrons. The van der Waals surface area contributed by atoms with Gasteiger partial charge in [-0.3, -0.25) is 9.59 Å². The zero-order chi connectivity index (χ0) is 49.2. The largest absolute Gasteiger partial charge is 0.462 e. The van der Waals surface area contributed by atoms with Gasteiger partial charge in [0.2, 0.25) is 0 Å². The lowest BCUT2D eigenvalue weighted by molar-refractivity contribution is -0.163. The van der Waals surface area contributed by atoms with Crippen LogP contribution in [0.15, 0.2) is 122 Å². The van der Waals surface area contributed by atoms with Gasteiger partial charge in [0, 0.05) is 19.4 Å². The number of esters is 2. The summed E-state index contributed by atoms with van der Waals surface area (Å²) in [5, 5.41) is 0. The Balaban J connectivity index is 4.40. The molecule has 5 heteroatoms. The first kappa shape index (κ1) is 64.3. The molecule has 0 bridgehead atoms. The third kappa shape index (κ3) is 54.9. The monoisotopic (exact) mass is 941 g/mol. The maximum Gasteiger partial charge on any atom is 0.306 e. The van der Waals surface area contributed by atoms with Gasteiger partial charge in [-0.25, -0.2) is 0 Å². The minimum atomic E-state index is -0.588. The van der Waals surface area contributed by atoms with E-state index in [0.29, 0.717) is 19.4 Å². The first-order valence-electron chi connectivity index (χ1n) is 28.1. The van der Waals surface area contributed by atoms with Crippen molar-refractivity contribution < 1.29 is 23.8 Å². The number of allylic oxidation sites excluding steroid dienone is 20. The predicted molar refractivity (Wildman–Crippen MR) is 297 cm³/mol. The van der Waals surface area contributed by atoms with Crippen molar-refractivity contribution in [1.82, 2.24) is 0 Å². The second-order valence-corrected chi connectivity index (χ2v) is 18.1. The number of ether oxygens (including phenoxy) is 3. The lowest BCUT2D eigenvalue weighted by Crippen LogP contribution is -2.30. The van der Waals surface area contributed by atoms with Gasteiger partial charge in [0.1, 0.15) is 6.61 Å². The van der Waals surface area contributed by atoms with Crippen LogP contribution < -0.4 is 0 Å². The first-order chi connectivity index (χ1) is 33.6. The van der Waals surface area contributed by atoms with E-state index in [1.54, 1.807) is 0 Å². The highest BCUT2D eigenvalue weighted by Gasteiger charge is 2.17. The zero-order valence-corrected chi connectivity index (χ0v) is 44.3. The SMILES string of the molecule is CC/C=C\C/C=C\C/C=C\C/C=C\C/C=C\CCCCCC(=O)OCC(COCCC/C=C\C/C=C\C/C=C\C/C=C\CC)OC(=O)CCCCCCCCCCC/C=C\CCCCCCCC. The van der Waals surface area contributed by atoms with Gasteiger partial charge in [-0.05, 0) is 122 Å². The Labute approximate surface area is 420 Å². The van der Waals surface area contributed by atoms with Gasteiger partial charge in [-0.15, -0.1) is 0 Å². The first-order valence-corrected chi connectivity index (χ1v) is 28.1. The Kier molecular flexibility index (Phi) is 54.5. The Hall–Kier alpha value is -3.70. The third-order valence-corrected chi connectivity index (χ3v) is 11.5. The molecule has 0 N–H and O–H groups in total. The molecule has 0 aromatic heterocycles. The third-order valence-electron chi connectivity index (χ3n) is 11.5. The Morgan fingerprint density at radius 3 is 1.09 bits per heavy atom. The number of carbonyl (C=O) groups is 2. The summed E-state index contributed by atoms with van der Waals surface area (Å²) in [6.45, 7) is 7.42. The highest BCUT2D eigenvalue weighted by Crippen LogP contribution is 2.14. The van der Waals surface area contributed by atoms with E-state index in [9.17, 15) is 9.59 Å². The van der Waals surface area contributed by atoms with E-state index in [4.69, 9.17) is 14.2 Å². The normalized spacial score (nSPS) is 13.2. The van der Waals surface area contributed by atoms with Crippen molar-refractivity contribution in [3.63, 3.8) is 0 Å². The van der Waals surface area contributed by atoms with Crippen molar-refractivity contribution in [2.45, 2.75) is 245 Å². The molecule has 0 spiro atoms. The second kappa shape index (κ2) is 57.6. The van der Waals surface area contributed by atoms with Crippen LogP contribution in [0.4, 0.5) is 0 Å². The molecule has 0 heterocycles. The molecule has 0 fully saturated rings. The molecule has 0 saturated carbocycles. The van der Waals surface area contributed by atoms with Crippen LogP contribution in [0.1, 0.15) is 239 Å². The smallest absolute Gasteiger partial charge is 0.306 e. The molecule has 68 heavy (non-hydrogen) atoms. The summed E-state index contributed by atoms with van der Waals surface area (Å²) in [7, 11) is 0. The summed E-state index contributed by atoms with van der Waals surface area (Å²) < 4.78 is 17.4. The van der Waals surface area contributed by atoms with Crippen molar-refractivity contribution >= 4 is 11.9 Å². The summed E-state index contributed by atoms with van der Waals surface area (Å²) in [6, 6.07) is 0. The lowest BCUT2D eigenvalue weighted by Gasteiger charge is -2.18. The quantitative estimate of drug-likeness (QED) is 0.0345. The van der Waals surface area contributed by atoms with Gasteiger partial charge < -0.3 is 14.2 Å². The number of hydrogen-bond donors (Lipinski definition) is 0. The molecule has 0 aromatic carbocycles. The second-order valence-electron chi connectivity index (χ2n) is 18.1. The summed E-state index contributed by atoms with van der Waals surface area (Å²) >= 11 is 0. The maximum absolute atomic E-state index is 12.9. The summed E-state index contributed by atoms with van der Waals surface area (Å²) in [5.74, 6) is -0.471. The summed E-state index contributed by atoms with van der Waals surface area (Å²) in [5.41, 5.74) is 0. The molecule has 0 aliphatic carbocycles. The fraction of sp³-hybridized carbons (Fsp3) is 0.651. The topological polar surface area (TPSA) is 61.8 Å². The zero-order valence-electron chi connectivity index (χ0n) is 44.3. The highest BCUT2D eigenvalue weighted by atomic mass is 16.6. The van der Waals surface area contributed by atoms with E-state index in [0.717, 1.165) is 116 Å². The molecule has 0 aliphatic rings. The molecule has 5 nitrogen and oxygen atoms in total. The highest BCUT2D eigenvalue weighted by molar-refractivity contribution is 5.70. The molecular weight excluding hydrogens is 837 g/mol. The molecule has 0 rings (SSSR count). The Morgan fingerprint density at radius 2 is 0.662 bits per heavy atom.